The van der Waals surface area contributed by atoms with Crippen LogP contribution in [0.15, 0.2) is 79.0 Å². The Balaban J connectivity index is 1.64. The zero-order valence-corrected chi connectivity index (χ0v) is 19.6. The van der Waals surface area contributed by atoms with Gasteiger partial charge in [-0.3, -0.25) is 4.79 Å². The second-order valence-corrected chi connectivity index (χ2v) is 7.61. The van der Waals surface area contributed by atoms with Crippen molar-refractivity contribution in [3.8, 4) is 28.4 Å². The summed E-state index contributed by atoms with van der Waals surface area (Å²) in [5, 5.41) is 7.65. The Morgan fingerprint density at radius 2 is 1.60 bits per heavy atom. The van der Waals surface area contributed by atoms with E-state index in [1.165, 1.54) is 7.11 Å². The maximum atomic E-state index is 13.3. The van der Waals surface area contributed by atoms with Crippen LogP contribution in [-0.2, 0) is 11.3 Å². The van der Waals surface area contributed by atoms with E-state index in [9.17, 15) is 9.59 Å². The van der Waals surface area contributed by atoms with Crippen LogP contribution in [0.5, 0.6) is 11.5 Å². The average Bonchev–Trinajstić information content (AvgIpc) is 3.37. The number of methoxy groups -OCH3 is 3. The van der Waals surface area contributed by atoms with Gasteiger partial charge in [0.1, 0.15) is 5.69 Å². The van der Waals surface area contributed by atoms with E-state index in [0.29, 0.717) is 33.9 Å². The van der Waals surface area contributed by atoms with Crippen molar-refractivity contribution in [1.82, 2.24) is 15.1 Å². The molecule has 4 aromatic rings. The Labute approximate surface area is 203 Å². The van der Waals surface area contributed by atoms with E-state index in [-0.39, 0.29) is 12.5 Å². The summed E-state index contributed by atoms with van der Waals surface area (Å²) < 4.78 is 17.2. The van der Waals surface area contributed by atoms with Gasteiger partial charge in [0.15, 0.2) is 11.5 Å². The molecule has 0 bridgehead atoms. The number of carbonyl (C=O) groups excluding carboxylic acids is 2. The molecule has 0 unspecified atom stereocenters. The number of hydrogen-bond donors (Lipinski definition) is 1. The summed E-state index contributed by atoms with van der Waals surface area (Å²) in [6.07, 6.45) is 1.71. The fraction of sp³-hybridized carbons (Fsp3) is 0.148. The van der Waals surface area contributed by atoms with Crippen LogP contribution >= 0.6 is 0 Å². The monoisotopic (exact) mass is 471 g/mol. The molecule has 0 atom stereocenters. The fourth-order valence-electron chi connectivity index (χ4n) is 3.60. The standard InChI is InChI=1S/C27H25N3O5/c1-33-23-14-13-20(15-24(23)34-2)25-22(17-30(29-25)21-7-5-4-6-8-21)26(31)28-16-18-9-11-19(12-10-18)27(32)35-3/h4-15,17H,16H2,1-3H3,(H,28,31). The molecule has 3 aromatic carbocycles. The quantitative estimate of drug-likeness (QED) is 0.386. The van der Waals surface area contributed by atoms with E-state index in [0.717, 1.165) is 11.3 Å². The highest BCUT2D eigenvalue weighted by Crippen LogP contribution is 2.33. The molecule has 0 aliphatic heterocycles. The number of benzene rings is 3. The number of amides is 1. The molecular formula is C27H25N3O5. The molecule has 4 rings (SSSR count). The largest absolute Gasteiger partial charge is 0.493 e. The Morgan fingerprint density at radius 1 is 0.886 bits per heavy atom. The molecule has 0 fully saturated rings. The molecule has 0 aliphatic carbocycles. The van der Waals surface area contributed by atoms with E-state index >= 15 is 0 Å². The van der Waals surface area contributed by atoms with E-state index in [4.69, 9.17) is 19.3 Å². The number of esters is 1. The van der Waals surface area contributed by atoms with Gasteiger partial charge in [-0.1, -0.05) is 30.3 Å². The van der Waals surface area contributed by atoms with Gasteiger partial charge in [-0.2, -0.15) is 5.10 Å². The number of aromatic nitrogens is 2. The second-order valence-electron chi connectivity index (χ2n) is 7.61. The maximum Gasteiger partial charge on any atom is 0.337 e. The molecule has 8 heteroatoms. The first-order valence-corrected chi connectivity index (χ1v) is 10.9. The summed E-state index contributed by atoms with van der Waals surface area (Å²) in [4.78, 5) is 24.9. The number of hydrogen-bond acceptors (Lipinski definition) is 6. The highest BCUT2D eigenvalue weighted by molar-refractivity contribution is 6.00. The third-order valence-corrected chi connectivity index (χ3v) is 5.46. The molecule has 0 saturated carbocycles. The van der Waals surface area contributed by atoms with Crippen LogP contribution in [0.25, 0.3) is 16.9 Å². The van der Waals surface area contributed by atoms with Gasteiger partial charge in [0.2, 0.25) is 0 Å². The number of rotatable bonds is 8. The molecule has 1 amide bonds. The van der Waals surface area contributed by atoms with Gasteiger partial charge in [-0.05, 0) is 48.0 Å². The minimum Gasteiger partial charge on any atom is -0.493 e. The topological polar surface area (TPSA) is 91.7 Å². The van der Waals surface area contributed by atoms with Crippen molar-refractivity contribution in [3.63, 3.8) is 0 Å². The molecule has 35 heavy (non-hydrogen) atoms. The van der Waals surface area contributed by atoms with Crippen molar-refractivity contribution in [2.75, 3.05) is 21.3 Å². The van der Waals surface area contributed by atoms with Crippen molar-refractivity contribution in [2.24, 2.45) is 0 Å². The van der Waals surface area contributed by atoms with Gasteiger partial charge < -0.3 is 19.5 Å². The minimum absolute atomic E-state index is 0.280. The lowest BCUT2D eigenvalue weighted by Gasteiger charge is -2.10. The lowest BCUT2D eigenvalue weighted by molar-refractivity contribution is 0.0600. The Hall–Kier alpha value is -4.59. The maximum absolute atomic E-state index is 13.3. The van der Waals surface area contributed by atoms with E-state index < -0.39 is 5.97 Å². The van der Waals surface area contributed by atoms with E-state index in [1.54, 1.807) is 61.5 Å². The van der Waals surface area contributed by atoms with Crippen molar-refractivity contribution < 1.29 is 23.8 Å². The summed E-state index contributed by atoms with van der Waals surface area (Å²) in [7, 11) is 4.46. The molecule has 178 valence electrons. The van der Waals surface area contributed by atoms with Crippen LogP contribution < -0.4 is 14.8 Å². The molecule has 1 heterocycles. The lowest BCUT2D eigenvalue weighted by Crippen LogP contribution is -2.23. The average molecular weight is 472 g/mol. The third kappa shape index (κ3) is 5.16. The lowest BCUT2D eigenvalue weighted by atomic mass is 10.1. The number of carbonyl (C=O) groups is 2. The van der Waals surface area contributed by atoms with Crippen LogP contribution in [0.4, 0.5) is 0 Å². The first kappa shape index (κ1) is 23.6. The van der Waals surface area contributed by atoms with Crippen LogP contribution in [0.1, 0.15) is 26.3 Å². The summed E-state index contributed by atoms with van der Waals surface area (Å²) in [5.41, 5.74) is 3.74. The smallest absolute Gasteiger partial charge is 0.337 e. The molecule has 1 aromatic heterocycles. The summed E-state index contributed by atoms with van der Waals surface area (Å²) in [6.45, 7) is 0.280. The molecule has 0 radical (unpaired) electrons. The highest BCUT2D eigenvalue weighted by Gasteiger charge is 2.20. The summed E-state index contributed by atoms with van der Waals surface area (Å²) in [6, 6.07) is 21.8. The third-order valence-electron chi connectivity index (χ3n) is 5.46. The van der Waals surface area contributed by atoms with Crippen LogP contribution in [0, 0.1) is 0 Å². The van der Waals surface area contributed by atoms with Crippen LogP contribution in [0.2, 0.25) is 0 Å². The predicted molar refractivity (Wildman–Crippen MR) is 131 cm³/mol. The molecule has 1 N–H and O–H groups in total. The van der Waals surface area contributed by atoms with Crippen molar-refractivity contribution >= 4 is 11.9 Å². The molecular weight excluding hydrogens is 446 g/mol. The van der Waals surface area contributed by atoms with E-state index in [1.807, 2.05) is 36.4 Å². The molecule has 8 nitrogen and oxygen atoms in total. The van der Waals surface area contributed by atoms with Crippen molar-refractivity contribution in [3.05, 3.63) is 95.7 Å². The van der Waals surface area contributed by atoms with Crippen molar-refractivity contribution in [2.45, 2.75) is 6.54 Å². The molecule has 0 saturated heterocycles. The number of nitrogens with one attached hydrogen (secondary N) is 1. The highest BCUT2D eigenvalue weighted by atomic mass is 16.5. The van der Waals surface area contributed by atoms with Crippen LogP contribution in [-0.4, -0.2) is 43.0 Å². The number of para-hydroxylation sites is 1. The van der Waals surface area contributed by atoms with E-state index in [2.05, 4.69) is 5.32 Å². The minimum atomic E-state index is -0.409. The summed E-state index contributed by atoms with van der Waals surface area (Å²) >= 11 is 0. The van der Waals surface area contributed by atoms with Gasteiger partial charge in [0, 0.05) is 18.3 Å². The van der Waals surface area contributed by atoms with Gasteiger partial charge in [0.05, 0.1) is 38.1 Å². The molecule has 0 spiro atoms. The Kier molecular flexibility index (Phi) is 7.11. The Morgan fingerprint density at radius 3 is 2.26 bits per heavy atom. The second kappa shape index (κ2) is 10.6. The molecule has 0 aliphatic rings. The van der Waals surface area contributed by atoms with Gasteiger partial charge >= 0.3 is 5.97 Å². The summed E-state index contributed by atoms with van der Waals surface area (Å²) in [5.74, 6) is 0.430. The zero-order chi connectivity index (χ0) is 24.8. The normalized spacial score (nSPS) is 10.5. The zero-order valence-electron chi connectivity index (χ0n) is 19.6. The predicted octanol–water partition coefficient (Wildman–Crippen LogP) is 4.27. The number of ether oxygens (including phenoxy) is 3. The van der Waals surface area contributed by atoms with Gasteiger partial charge in [-0.15, -0.1) is 0 Å². The first-order chi connectivity index (χ1) is 17.0. The fourth-order valence-corrected chi connectivity index (χ4v) is 3.60. The van der Waals surface area contributed by atoms with Gasteiger partial charge in [0.25, 0.3) is 5.91 Å². The number of nitrogens with zero attached hydrogens (tertiary/aromatic N) is 2. The Bertz CT molecular complexity index is 1330. The SMILES string of the molecule is COC(=O)c1ccc(CNC(=O)c2cn(-c3ccccc3)nc2-c2ccc(OC)c(OC)c2)cc1. The van der Waals surface area contributed by atoms with Crippen LogP contribution in [0.3, 0.4) is 0 Å². The van der Waals surface area contributed by atoms with Crippen molar-refractivity contribution in [1.29, 1.82) is 0 Å². The first-order valence-electron chi connectivity index (χ1n) is 10.9. The van der Waals surface area contributed by atoms with Gasteiger partial charge in [-0.25, -0.2) is 9.48 Å².